The summed E-state index contributed by atoms with van der Waals surface area (Å²) < 4.78 is 0. The molecule has 90 valence electrons. The monoisotopic (exact) mass is 232 g/mol. The smallest absolute Gasteiger partial charge is 0.237 e. The van der Waals surface area contributed by atoms with Crippen molar-refractivity contribution < 1.29 is 9.59 Å². The van der Waals surface area contributed by atoms with Crippen LogP contribution in [0.5, 0.6) is 0 Å². The molecule has 0 aliphatic carbocycles. The predicted molar refractivity (Wildman–Crippen MR) is 64.2 cm³/mol. The molecular weight excluding hydrogens is 216 g/mol. The lowest BCUT2D eigenvalue weighted by Crippen LogP contribution is -2.32. The SMILES string of the molecule is NCCCN1C(=O)CC(c2ccccc2)C1=O. The van der Waals surface area contributed by atoms with Crippen LogP contribution in [0.3, 0.4) is 0 Å². The third-order valence-electron chi connectivity index (χ3n) is 3.03. The molecule has 1 aromatic carbocycles. The van der Waals surface area contributed by atoms with Gasteiger partial charge in [0, 0.05) is 13.0 Å². The quantitative estimate of drug-likeness (QED) is 0.784. The van der Waals surface area contributed by atoms with Crippen LogP contribution >= 0.6 is 0 Å². The Kier molecular flexibility index (Phi) is 3.54. The highest BCUT2D eigenvalue weighted by Gasteiger charge is 2.38. The first kappa shape index (κ1) is 11.8. The summed E-state index contributed by atoms with van der Waals surface area (Å²) >= 11 is 0. The second-order valence-corrected chi connectivity index (χ2v) is 4.19. The Morgan fingerprint density at radius 2 is 1.94 bits per heavy atom. The first-order valence-electron chi connectivity index (χ1n) is 5.83. The van der Waals surface area contributed by atoms with Gasteiger partial charge in [-0.25, -0.2) is 0 Å². The van der Waals surface area contributed by atoms with E-state index in [2.05, 4.69) is 0 Å². The minimum Gasteiger partial charge on any atom is -0.330 e. The lowest BCUT2D eigenvalue weighted by atomic mass is 9.98. The Bertz CT molecular complexity index is 417. The highest BCUT2D eigenvalue weighted by atomic mass is 16.2. The minimum atomic E-state index is -0.304. The third kappa shape index (κ3) is 2.36. The number of hydrogen-bond acceptors (Lipinski definition) is 3. The van der Waals surface area contributed by atoms with Crippen molar-refractivity contribution in [2.45, 2.75) is 18.8 Å². The second kappa shape index (κ2) is 5.10. The number of imide groups is 1. The fraction of sp³-hybridized carbons (Fsp3) is 0.385. The van der Waals surface area contributed by atoms with E-state index in [0.717, 1.165) is 5.56 Å². The normalized spacial score (nSPS) is 20.1. The van der Waals surface area contributed by atoms with Crippen LogP contribution in [0.25, 0.3) is 0 Å². The van der Waals surface area contributed by atoms with E-state index < -0.39 is 0 Å². The maximum atomic E-state index is 12.1. The van der Waals surface area contributed by atoms with Crippen molar-refractivity contribution >= 4 is 11.8 Å². The van der Waals surface area contributed by atoms with Crippen molar-refractivity contribution in [2.24, 2.45) is 5.73 Å². The average molecular weight is 232 g/mol. The highest BCUT2D eigenvalue weighted by molar-refractivity contribution is 6.06. The Morgan fingerprint density at radius 1 is 1.24 bits per heavy atom. The van der Waals surface area contributed by atoms with Crippen molar-refractivity contribution in [3.05, 3.63) is 35.9 Å². The van der Waals surface area contributed by atoms with E-state index in [1.807, 2.05) is 30.3 Å². The standard InChI is InChI=1S/C13H16N2O2/c14-7-4-8-15-12(16)9-11(13(15)17)10-5-2-1-3-6-10/h1-3,5-6,11H,4,7-9,14H2. The molecule has 1 atom stereocenters. The second-order valence-electron chi connectivity index (χ2n) is 4.19. The first-order valence-corrected chi connectivity index (χ1v) is 5.83. The maximum absolute atomic E-state index is 12.1. The summed E-state index contributed by atoms with van der Waals surface area (Å²) in [7, 11) is 0. The van der Waals surface area contributed by atoms with E-state index >= 15 is 0 Å². The van der Waals surface area contributed by atoms with Gasteiger partial charge >= 0.3 is 0 Å². The predicted octanol–water partition coefficient (Wildman–Crippen LogP) is 0.878. The van der Waals surface area contributed by atoms with Gasteiger partial charge in [0.15, 0.2) is 0 Å². The first-order chi connectivity index (χ1) is 8.24. The molecule has 4 nitrogen and oxygen atoms in total. The van der Waals surface area contributed by atoms with Crippen molar-refractivity contribution in [3.63, 3.8) is 0 Å². The Labute approximate surface area is 100 Å². The summed E-state index contributed by atoms with van der Waals surface area (Å²) in [6.45, 7) is 0.935. The average Bonchev–Trinajstić information content (AvgIpc) is 2.64. The van der Waals surface area contributed by atoms with Crippen molar-refractivity contribution in [1.82, 2.24) is 4.90 Å². The van der Waals surface area contributed by atoms with Crippen LogP contribution in [-0.2, 0) is 9.59 Å². The third-order valence-corrected chi connectivity index (χ3v) is 3.03. The van der Waals surface area contributed by atoms with Crippen molar-refractivity contribution in [3.8, 4) is 0 Å². The van der Waals surface area contributed by atoms with E-state index in [4.69, 9.17) is 5.73 Å². The van der Waals surface area contributed by atoms with Gasteiger partial charge in [-0.05, 0) is 18.5 Å². The van der Waals surface area contributed by atoms with Gasteiger partial charge in [-0.1, -0.05) is 30.3 Å². The molecule has 0 bridgehead atoms. The Balaban J connectivity index is 2.13. The number of likely N-dealkylation sites (tertiary alicyclic amines) is 1. The number of benzene rings is 1. The zero-order valence-electron chi connectivity index (χ0n) is 9.63. The lowest BCUT2D eigenvalue weighted by Gasteiger charge is -2.14. The van der Waals surface area contributed by atoms with Gasteiger partial charge < -0.3 is 5.73 Å². The van der Waals surface area contributed by atoms with Gasteiger partial charge in [-0.15, -0.1) is 0 Å². The lowest BCUT2D eigenvalue weighted by molar-refractivity contribution is -0.138. The molecule has 4 heteroatoms. The topological polar surface area (TPSA) is 63.4 Å². The van der Waals surface area contributed by atoms with Gasteiger partial charge in [-0.2, -0.15) is 0 Å². The number of amides is 2. The fourth-order valence-corrected chi connectivity index (χ4v) is 2.11. The number of nitrogens with zero attached hydrogens (tertiary/aromatic N) is 1. The molecule has 0 saturated carbocycles. The summed E-state index contributed by atoms with van der Waals surface area (Å²) in [5.74, 6) is -0.478. The van der Waals surface area contributed by atoms with Gasteiger partial charge in [0.2, 0.25) is 11.8 Å². The molecule has 2 rings (SSSR count). The molecule has 0 radical (unpaired) electrons. The molecule has 1 unspecified atom stereocenters. The molecule has 0 spiro atoms. The van der Waals surface area contributed by atoms with E-state index in [1.165, 1.54) is 4.90 Å². The summed E-state index contributed by atoms with van der Waals surface area (Å²) in [4.78, 5) is 25.2. The van der Waals surface area contributed by atoms with E-state index in [0.29, 0.717) is 19.5 Å². The molecule has 1 aromatic rings. The van der Waals surface area contributed by atoms with Crippen LogP contribution in [-0.4, -0.2) is 29.8 Å². The van der Waals surface area contributed by atoms with Crippen LogP contribution in [0.2, 0.25) is 0 Å². The fourth-order valence-electron chi connectivity index (χ4n) is 2.11. The van der Waals surface area contributed by atoms with Crippen LogP contribution in [0.1, 0.15) is 24.3 Å². The van der Waals surface area contributed by atoms with Gasteiger partial charge in [-0.3, -0.25) is 14.5 Å². The molecular formula is C13H16N2O2. The van der Waals surface area contributed by atoms with Crippen LogP contribution < -0.4 is 5.73 Å². The zero-order valence-corrected chi connectivity index (χ0v) is 9.63. The molecule has 2 N–H and O–H groups in total. The van der Waals surface area contributed by atoms with Gasteiger partial charge in [0.25, 0.3) is 0 Å². The summed E-state index contributed by atoms with van der Waals surface area (Å²) in [6.07, 6.45) is 0.951. The maximum Gasteiger partial charge on any atom is 0.237 e. The molecule has 1 heterocycles. The number of rotatable bonds is 4. The number of nitrogens with two attached hydrogens (primary N) is 1. The van der Waals surface area contributed by atoms with E-state index in [-0.39, 0.29) is 24.2 Å². The van der Waals surface area contributed by atoms with Crippen LogP contribution in [0.15, 0.2) is 30.3 Å². The molecule has 17 heavy (non-hydrogen) atoms. The molecule has 1 fully saturated rings. The van der Waals surface area contributed by atoms with Gasteiger partial charge in [0.1, 0.15) is 0 Å². The molecule has 2 amide bonds. The van der Waals surface area contributed by atoms with Crippen LogP contribution in [0.4, 0.5) is 0 Å². The van der Waals surface area contributed by atoms with E-state index in [1.54, 1.807) is 0 Å². The van der Waals surface area contributed by atoms with Crippen LogP contribution in [0, 0.1) is 0 Å². The van der Waals surface area contributed by atoms with Crippen molar-refractivity contribution in [1.29, 1.82) is 0 Å². The Hall–Kier alpha value is -1.68. The van der Waals surface area contributed by atoms with Crippen molar-refractivity contribution in [2.75, 3.05) is 13.1 Å². The molecule has 1 aliphatic rings. The minimum absolute atomic E-state index is 0.0858. The largest absolute Gasteiger partial charge is 0.330 e. The Morgan fingerprint density at radius 3 is 2.59 bits per heavy atom. The molecule has 1 saturated heterocycles. The summed E-state index contributed by atoms with van der Waals surface area (Å²) in [5, 5.41) is 0. The number of carbonyl (C=O) groups excluding carboxylic acids is 2. The van der Waals surface area contributed by atoms with Gasteiger partial charge in [0.05, 0.1) is 5.92 Å². The molecule has 1 aliphatic heterocycles. The highest BCUT2D eigenvalue weighted by Crippen LogP contribution is 2.29. The number of hydrogen-bond donors (Lipinski definition) is 1. The van der Waals surface area contributed by atoms with E-state index in [9.17, 15) is 9.59 Å². The zero-order chi connectivity index (χ0) is 12.3. The summed E-state index contributed by atoms with van der Waals surface area (Å²) in [5.41, 5.74) is 6.31. The number of carbonyl (C=O) groups is 2. The summed E-state index contributed by atoms with van der Waals surface area (Å²) in [6, 6.07) is 9.45. The molecule has 0 aromatic heterocycles.